The molecule has 0 atom stereocenters. The minimum absolute atomic E-state index is 0.124. The molecule has 6 nitrogen and oxygen atoms in total. The summed E-state index contributed by atoms with van der Waals surface area (Å²) in [7, 11) is 0. The first-order chi connectivity index (χ1) is 5.20. The Kier molecular flexibility index (Phi) is 4.44. The summed E-state index contributed by atoms with van der Waals surface area (Å²) in [5.41, 5.74) is 0. The molecule has 0 aromatic carbocycles. The zero-order valence-electron chi connectivity index (χ0n) is 5.63. The molecule has 0 radical (unpaired) electrons. The smallest absolute Gasteiger partial charge is 0.321 e. The fourth-order valence-corrected chi connectivity index (χ4v) is 0.376. The molecule has 1 rings (SSSR count). The number of hydrogen-bond donors (Lipinski definition) is 3. The fraction of sp³-hybridized carbons (Fsp3) is 0.400. The second-order valence-electron chi connectivity index (χ2n) is 1.55. The van der Waals surface area contributed by atoms with Gasteiger partial charge in [0.15, 0.2) is 0 Å². The number of nitrogens with one attached hydrogen (secondary N) is 2. The van der Waals surface area contributed by atoms with Crippen LogP contribution in [-0.4, -0.2) is 30.2 Å². The molecule has 0 unspecified atom stereocenters. The average Bonchev–Trinajstić information content (AvgIpc) is 2.35. The molecule has 1 saturated heterocycles. The van der Waals surface area contributed by atoms with Gasteiger partial charge in [0.25, 0.3) is 0 Å². The Morgan fingerprint density at radius 3 is 2.27 bits per heavy atom. The lowest BCUT2D eigenvalue weighted by atomic mass is 10.7. The first-order valence-electron chi connectivity index (χ1n) is 2.76. The number of carbonyl (C=O) groups excluding carboxylic acids is 2. The van der Waals surface area contributed by atoms with Gasteiger partial charge in [-0.05, 0) is 0 Å². The highest BCUT2D eigenvalue weighted by atomic mass is 16.2. The van der Waals surface area contributed by atoms with Crippen molar-refractivity contribution in [3.05, 3.63) is 0 Å². The monoisotopic (exact) mass is 157 g/mol. The minimum Gasteiger partial charge on any atom is -0.381 e. The van der Waals surface area contributed by atoms with Gasteiger partial charge < -0.3 is 10.4 Å². The topological polar surface area (TPSA) is 102 Å². The van der Waals surface area contributed by atoms with E-state index in [1.54, 1.807) is 0 Å². The van der Waals surface area contributed by atoms with Gasteiger partial charge in [-0.2, -0.15) is 5.26 Å². The van der Waals surface area contributed by atoms with E-state index in [0.29, 0.717) is 0 Å². The Hall–Kier alpha value is -1.61. The van der Waals surface area contributed by atoms with Crippen molar-refractivity contribution in [3.8, 4) is 6.07 Å². The Morgan fingerprint density at radius 1 is 1.64 bits per heavy atom. The van der Waals surface area contributed by atoms with Crippen molar-refractivity contribution in [2.24, 2.45) is 0 Å². The summed E-state index contributed by atoms with van der Waals surface area (Å²) in [5, 5.41) is 19.2. The molecule has 6 heteroatoms. The summed E-state index contributed by atoms with van der Waals surface area (Å²) in [5.74, 6) is -0.259. The predicted molar refractivity (Wildman–Crippen MR) is 34.2 cm³/mol. The number of aliphatic hydroxyl groups is 1. The number of aliphatic hydroxyl groups excluding tert-OH is 1. The lowest BCUT2D eigenvalue weighted by Gasteiger charge is -1.78. The third-order valence-corrected chi connectivity index (χ3v) is 0.733. The number of imide groups is 1. The highest BCUT2D eigenvalue weighted by molar-refractivity contribution is 6.01. The van der Waals surface area contributed by atoms with Crippen molar-refractivity contribution < 1.29 is 14.7 Å². The Morgan fingerprint density at radius 2 is 2.18 bits per heavy atom. The number of carbonyl (C=O) groups is 2. The zero-order chi connectivity index (χ0) is 8.69. The molecule has 0 spiro atoms. The molecule has 1 heterocycles. The van der Waals surface area contributed by atoms with E-state index in [0.717, 1.165) is 0 Å². The maximum absolute atomic E-state index is 10.1. The third kappa shape index (κ3) is 4.87. The molecular weight excluding hydrogens is 150 g/mol. The SMILES string of the molecule is N#CCO.O=C1CNC(=O)N1. The largest absolute Gasteiger partial charge is 0.381 e. The van der Waals surface area contributed by atoms with Crippen molar-refractivity contribution >= 4 is 11.9 Å². The van der Waals surface area contributed by atoms with Crippen LogP contribution in [0.2, 0.25) is 0 Å². The Bertz CT molecular complexity index is 182. The minimum atomic E-state index is -0.398. The normalized spacial score (nSPS) is 13.8. The Labute approximate surface area is 62.8 Å². The first-order valence-corrected chi connectivity index (χ1v) is 2.76. The van der Waals surface area contributed by atoms with Crippen LogP contribution in [0.25, 0.3) is 0 Å². The van der Waals surface area contributed by atoms with E-state index >= 15 is 0 Å². The maximum atomic E-state index is 10.1. The van der Waals surface area contributed by atoms with Crippen molar-refractivity contribution in [2.45, 2.75) is 0 Å². The van der Waals surface area contributed by atoms with Crippen molar-refractivity contribution in [3.63, 3.8) is 0 Å². The molecule has 0 bridgehead atoms. The van der Waals surface area contributed by atoms with Gasteiger partial charge in [-0.25, -0.2) is 4.79 Å². The molecule has 1 fully saturated rings. The summed E-state index contributed by atoms with van der Waals surface area (Å²) in [6, 6.07) is 1.09. The molecule has 0 aromatic rings. The molecule has 0 aromatic heterocycles. The van der Waals surface area contributed by atoms with E-state index in [9.17, 15) is 9.59 Å². The van der Waals surface area contributed by atoms with Gasteiger partial charge in [0, 0.05) is 0 Å². The second kappa shape index (κ2) is 5.20. The number of amides is 3. The van der Waals surface area contributed by atoms with Crippen LogP contribution in [-0.2, 0) is 4.79 Å². The predicted octanol–water partition coefficient (Wildman–Crippen LogP) is -1.67. The summed E-state index contributed by atoms with van der Waals surface area (Å²) >= 11 is 0. The first kappa shape index (κ1) is 9.39. The van der Waals surface area contributed by atoms with E-state index in [2.05, 4.69) is 5.32 Å². The van der Waals surface area contributed by atoms with Gasteiger partial charge in [-0.3, -0.25) is 10.1 Å². The number of nitriles is 1. The van der Waals surface area contributed by atoms with Gasteiger partial charge in [0.1, 0.15) is 6.61 Å². The van der Waals surface area contributed by atoms with Crippen LogP contribution in [0.5, 0.6) is 0 Å². The molecule has 0 saturated carbocycles. The van der Waals surface area contributed by atoms with Crippen LogP contribution in [0, 0.1) is 11.3 Å². The molecular formula is C5H7N3O3. The molecule has 60 valence electrons. The van der Waals surface area contributed by atoms with Gasteiger partial charge in [-0.1, -0.05) is 0 Å². The second-order valence-corrected chi connectivity index (χ2v) is 1.55. The standard InChI is InChI=1S/C3H4N2O2.C2H3NO/c6-2-1-4-3(7)5-2;3-1-2-4/h1H2,(H2,4,5,6,7);4H,2H2. The van der Waals surface area contributed by atoms with E-state index in [4.69, 9.17) is 10.4 Å². The van der Waals surface area contributed by atoms with Crippen LogP contribution in [0.4, 0.5) is 4.79 Å². The lowest BCUT2D eigenvalue weighted by molar-refractivity contribution is -0.117. The zero-order valence-corrected chi connectivity index (χ0v) is 5.63. The van der Waals surface area contributed by atoms with Crippen LogP contribution in [0.3, 0.4) is 0 Å². The van der Waals surface area contributed by atoms with E-state index in [1.807, 2.05) is 5.32 Å². The van der Waals surface area contributed by atoms with Crippen molar-refractivity contribution in [1.82, 2.24) is 10.6 Å². The van der Waals surface area contributed by atoms with Gasteiger partial charge in [-0.15, -0.1) is 0 Å². The molecule has 1 aliphatic rings. The summed E-state index contributed by atoms with van der Waals surface area (Å²) in [6.07, 6.45) is 0. The average molecular weight is 157 g/mol. The molecule has 3 amide bonds. The van der Waals surface area contributed by atoms with Gasteiger partial charge in [0.05, 0.1) is 12.6 Å². The highest BCUT2D eigenvalue weighted by Crippen LogP contribution is 1.73. The molecule has 11 heavy (non-hydrogen) atoms. The lowest BCUT2D eigenvalue weighted by Crippen LogP contribution is -2.22. The number of rotatable bonds is 0. The Balaban J connectivity index is 0.000000218. The van der Waals surface area contributed by atoms with E-state index in [-0.39, 0.29) is 19.1 Å². The molecule has 1 aliphatic heterocycles. The van der Waals surface area contributed by atoms with Crippen LogP contribution < -0.4 is 10.6 Å². The fourth-order valence-electron chi connectivity index (χ4n) is 0.376. The van der Waals surface area contributed by atoms with Gasteiger partial charge in [0.2, 0.25) is 5.91 Å². The number of nitrogens with zero attached hydrogens (tertiary/aromatic N) is 1. The molecule has 0 aliphatic carbocycles. The van der Waals surface area contributed by atoms with Crippen molar-refractivity contribution in [2.75, 3.05) is 13.2 Å². The van der Waals surface area contributed by atoms with E-state index in [1.165, 1.54) is 6.07 Å². The highest BCUT2D eigenvalue weighted by Gasteiger charge is 2.14. The van der Waals surface area contributed by atoms with Crippen LogP contribution in [0.15, 0.2) is 0 Å². The maximum Gasteiger partial charge on any atom is 0.321 e. The summed E-state index contributed by atoms with van der Waals surface area (Å²) < 4.78 is 0. The molecule has 3 N–H and O–H groups in total. The van der Waals surface area contributed by atoms with Crippen LogP contribution >= 0.6 is 0 Å². The number of urea groups is 1. The third-order valence-electron chi connectivity index (χ3n) is 0.733. The van der Waals surface area contributed by atoms with Crippen LogP contribution in [0.1, 0.15) is 0 Å². The summed E-state index contributed by atoms with van der Waals surface area (Å²) in [4.78, 5) is 20.1. The van der Waals surface area contributed by atoms with Crippen molar-refractivity contribution in [1.29, 1.82) is 5.26 Å². The van der Waals surface area contributed by atoms with E-state index < -0.39 is 6.03 Å². The number of hydrogen-bond acceptors (Lipinski definition) is 4. The van der Waals surface area contributed by atoms with Gasteiger partial charge >= 0.3 is 6.03 Å². The quantitative estimate of drug-likeness (QED) is 0.289. The summed E-state index contributed by atoms with van der Waals surface area (Å²) in [6.45, 7) is -0.251.